The lowest BCUT2D eigenvalue weighted by atomic mass is 10.1. The molecule has 0 amide bonds. The van der Waals surface area contributed by atoms with E-state index < -0.39 is 0 Å². The molecule has 0 saturated heterocycles. The maximum atomic E-state index is 5.70. The highest BCUT2D eigenvalue weighted by molar-refractivity contribution is 5.27. The van der Waals surface area contributed by atoms with E-state index in [1.165, 1.54) is 11.1 Å². The maximum absolute atomic E-state index is 5.70. The molecule has 0 fully saturated rings. The molecule has 19 heavy (non-hydrogen) atoms. The minimum Gasteiger partial charge on any atom is -0.492 e. The van der Waals surface area contributed by atoms with Gasteiger partial charge in [0.05, 0.1) is 0 Å². The third-order valence-corrected chi connectivity index (χ3v) is 3.02. The number of hydrogen-bond acceptors (Lipinski definition) is 3. The molecule has 0 bridgehead atoms. The summed E-state index contributed by atoms with van der Waals surface area (Å²) in [6.45, 7) is 5.69. The predicted molar refractivity (Wildman–Crippen MR) is 77.3 cm³/mol. The summed E-state index contributed by atoms with van der Waals surface area (Å²) in [5.41, 5.74) is 2.46. The average molecular weight is 256 g/mol. The van der Waals surface area contributed by atoms with Crippen molar-refractivity contribution in [1.82, 2.24) is 10.3 Å². The molecule has 1 N–H and O–H groups in total. The van der Waals surface area contributed by atoms with Gasteiger partial charge in [-0.1, -0.05) is 12.1 Å². The van der Waals surface area contributed by atoms with Gasteiger partial charge in [0.1, 0.15) is 12.4 Å². The summed E-state index contributed by atoms with van der Waals surface area (Å²) in [6.07, 6.45) is 3.63. The number of aromatic nitrogens is 1. The van der Waals surface area contributed by atoms with Crippen LogP contribution in [0.1, 0.15) is 24.1 Å². The molecule has 3 heteroatoms. The largest absolute Gasteiger partial charge is 0.492 e. The van der Waals surface area contributed by atoms with Crippen molar-refractivity contribution in [2.45, 2.75) is 19.9 Å². The van der Waals surface area contributed by atoms with Crippen molar-refractivity contribution in [3.63, 3.8) is 0 Å². The van der Waals surface area contributed by atoms with E-state index in [4.69, 9.17) is 4.74 Å². The van der Waals surface area contributed by atoms with Crippen LogP contribution in [0.3, 0.4) is 0 Å². The molecule has 1 atom stereocenters. The fraction of sp³-hybridized carbons (Fsp3) is 0.312. The van der Waals surface area contributed by atoms with Gasteiger partial charge in [0, 0.05) is 25.0 Å². The predicted octanol–water partition coefficient (Wildman–Crippen LogP) is 3.12. The Morgan fingerprint density at radius 2 is 2.00 bits per heavy atom. The Labute approximate surface area is 114 Å². The number of hydrogen-bond donors (Lipinski definition) is 1. The van der Waals surface area contributed by atoms with Crippen molar-refractivity contribution in [3.05, 3.63) is 59.9 Å². The molecule has 0 saturated carbocycles. The molecule has 1 unspecified atom stereocenters. The Balaban J connectivity index is 1.72. The molecule has 2 aromatic rings. The zero-order chi connectivity index (χ0) is 13.5. The van der Waals surface area contributed by atoms with Gasteiger partial charge in [-0.2, -0.15) is 0 Å². The van der Waals surface area contributed by atoms with Crippen molar-refractivity contribution >= 4 is 0 Å². The van der Waals surface area contributed by atoms with Crippen LogP contribution >= 0.6 is 0 Å². The van der Waals surface area contributed by atoms with Gasteiger partial charge < -0.3 is 10.1 Å². The number of nitrogens with zero attached hydrogens (tertiary/aromatic N) is 1. The van der Waals surface area contributed by atoms with Gasteiger partial charge in [0.2, 0.25) is 0 Å². The van der Waals surface area contributed by atoms with Crippen LogP contribution in [0.25, 0.3) is 0 Å². The van der Waals surface area contributed by atoms with Crippen LogP contribution in [0.5, 0.6) is 5.75 Å². The normalized spacial score (nSPS) is 12.1. The summed E-state index contributed by atoms with van der Waals surface area (Å²) in [4.78, 5) is 4.02. The van der Waals surface area contributed by atoms with Crippen molar-refractivity contribution in [2.75, 3.05) is 13.2 Å². The number of ether oxygens (including phenoxy) is 1. The smallest absolute Gasteiger partial charge is 0.119 e. The summed E-state index contributed by atoms with van der Waals surface area (Å²) in [6, 6.07) is 12.5. The van der Waals surface area contributed by atoms with Crippen LogP contribution in [-0.2, 0) is 0 Å². The fourth-order valence-electron chi connectivity index (χ4n) is 1.92. The lowest BCUT2D eigenvalue weighted by molar-refractivity contribution is 0.307. The van der Waals surface area contributed by atoms with Gasteiger partial charge in [-0.15, -0.1) is 0 Å². The third-order valence-electron chi connectivity index (χ3n) is 3.02. The molecule has 0 aliphatic heterocycles. The maximum Gasteiger partial charge on any atom is 0.119 e. The highest BCUT2D eigenvalue weighted by Gasteiger charge is 2.03. The fourth-order valence-corrected chi connectivity index (χ4v) is 1.92. The van der Waals surface area contributed by atoms with Crippen molar-refractivity contribution in [1.29, 1.82) is 0 Å². The van der Waals surface area contributed by atoms with Gasteiger partial charge in [-0.25, -0.2) is 0 Å². The lowest BCUT2D eigenvalue weighted by Gasteiger charge is -2.14. The van der Waals surface area contributed by atoms with Gasteiger partial charge >= 0.3 is 0 Å². The van der Waals surface area contributed by atoms with E-state index in [1.54, 1.807) is 0 Å². The number of pyridine rings is 1. The van der Waals surface area contributed by atoms with E-state index in [0.29, 0.717) is 12.6 Å². The second kappa shape index (κ2) is 6.90. The Kier molecular flexibility index (Phi) is 4.93. The average Bonchev–Trinajstić information content (AvgIpc) is 2.44. The van der Waals surface area contributed by atoms with Gasteiger partial charge in [-0.05, 0) is 49.2 Å². The Hall–Kier alpha value is -1.87. The standard InChI is InChI=1S/C16H20N2O/c1-13-4-3-5-16(12-13)19-11-10-18-14(2)15-6-8-17-9-7-15/h3-9,12,14,18H,10-11H2,1-2H3. The van der Waals surface area contributed by atoms with Gasteiger partial charge in [-0.3, -0.25) is 4.98 Å². The SMILES string of the molecule is Cc1cccc(OCCNC(C)c2ccncc2)c1. The van der Waals surface area contributed by atoms with Crippen LogP contribution in [0.2, 0.25) is 0 Å². The highest BCUT2D eigenvalue weighted by atomic mass is 16.5. The number of rotatable bonds is 6. The number of benzene rings is 1. The summed E-state index contributed by atoms with van der Waals surface area (Å²) in [7, 11) is 0. The van der Waals surface area contributed by atoms with Crippen molar-refractivity contribution in [2.24, 2.45) is 0 Å². The number of nitrogens with one attached hydrogen (secondary N) is 1. The Morgan fingerprint density at radius 1 is 1.21 bits per heavy atom. The van der Waals surface area contributed by atoms with E-state index in [2.05, 4.69) is 30.2 Å². The second-order valence-corrected chi connectivity index (χ2v) is 4.62. The summed E-state index contributed by atoms with van der Waals surface area (Å²) >= 11 is 0. The zero-order valence-corrected chi connectivity index (χ0v) is 11.5. The summed E-state index contributed by atoms with van der Waals surface area (Å²) in [5, 5.41) is 3.43. The van der Waals surface area contributed by atoms with E-state index in [-0.39, 0.29) is 0 Å². The van der Waals surface area contributed by atoms with E-state index in [1.807, 2.05) is 42.7 Å². The zero-order valence-electron chi connectivity index (χ0n) is 11.5. The molecule has 1 heterocycles. The molecule has 100 valence electrons. The number of aryl methyl sites for hydroxylation is 1. The molecule has 1 aromatic carbocycles. The minimum atomic E-state index is 0.309. The first-order valence-electron chi connectivity index (χ1n) is 6.58. The van der Waals surface area contributed by atoms with E-state index in [0.717, 1.165) is 12.3 Å². The first-order chi connectivity index (χ1) is 9.25. The van der Waals surface area contributed by atoms with E-state index >= 15 is 0 Å². The minimum absolute atomic E-state index is 0.309. The quantitative estimate of drug-likeness (QED) is 0.806. The Bertz CT molecular complexity index is 499. The molecule has 2 rings (SSSR count). The monoisotopic (exact) mass is 256 g/mol. The van der Waals surface area contributed by atoms with Gasteiger partial charge in [0.15, 0.2) is 0 Å². The van der Waals surface area contributed by atoms with Crippen LogP contribution in [0.15, 0.2) is 48.8 Å². The topological polar surface area (TPSA) is 34.1 Å². The van der Waals surface area contributed by atoms with Crippen LogP contribution in [-0.4, -0.2) is 18.1 Å². The van der Waals surface area contributed by atoms with Crippen molar-refractivity contribution in [3.8, 4) is 5.75 Å². The third kappa shape index (κ3) is 4.38. The van der Waals surface area contributed by atoms with Crippen LogP contribution in [0.4, 0.5) is 0 Å². The highest BCUT2D eigenvalue weighted by Crippen LogP contribution is 2.12. The van der Waals surface area contributed by atoms with Gasteiger partial charge in [0.25, 0.3) is 0 Å². The Morgan fingerprint density at radius 3 is 2.74 bits per heavy atom. The first kappa shape index (κ1) is 13.6. The summed E-state index contributed by atoms with van der Waals surface area (Å²) < 4.78 is 5.70. The first-order valence-corrected chi connectivity index (χ1v) is 6.58. The molecule has 1 aromatic heterocycles. The second-order valence-electron chi connectivity index (χ2n) is 4.62. The van der Waals surface area contributed by atoms with Crippen molar-refractivity contribution < 1.29 is 4.74 Å². The van der Waals surface area contributed by atoms with E-state index in [9.17, 15) is 0 Å². The molecular weight excluding hydrogens is 236 g/mol. The van der Waals surface area contributed by atoms with Crippen LogP contribution < -0.4 is 10.1 Å². The molecule has 3 nitrogen and oxygen atoms in total. The molecule has 0 radical (unpaired) electrons. The molecular formula is C16H20N2O. The summed E-state index contributed by atoms with van der Waals surface area (Å²) in [5.74, 6) is 0.929. The molecule has 0 spiro atoms. The molecule has 0 aliphatic rings. The molecule has 0 aliphatic carbocycles. The lowest BCUT2D eigenvalue weighted by Crippen LogP contribution is -2.24. The van der Waals surface area contributed by atoms with Crippen LogP contribution in [0, 0.1) is 6.92 Å².